The van der Waals surface area contributed by atoms with Crippen LogP contribution in [0.4, 0.5) is 0 Å². The van der Waals surface area contributed by atoms with Crippen LogP contribution >= 0.6 is 0 Å². The Labute approximate surface area is 119 Å². The smallest absolute Gasteiger partial charge is 0.0226 e. The average Bonchev–Trinajstić information content (AvgIpc) is 2.45. The van der Waals surface area contributed by atoms with E-state index < -0.39 is 0 Å². The Bertz CT molecular complexity index is 256. The second kappa shape index (κ2) is 7.61. The van der Waals surface area contributed by atoms with Crippen molar-refractivity contribution in [1.82, 2.24) is 15.1 Å². The fourth-order valence-electron chi connectivity index (χ4n) is 3.86. The molecule has 0 saturated carbocycles. The van der Waals surface area contributed by atoms with E-state index in [2.05, 4.69) is 35.9 Å². The molecule has 3 heteroatoms. The molecule has 0 amide bonds. The predicted molar refractivity (Wildman–Crippen MR) is 82.6 cm³/mol. The highest BCUT2D eigenvalue weighted by Gasteiger charge is 2.32. The molecule has 19 heavy (non-hydrogen) atoms. The normalized spacial score (nSPS) is 34.6. The topological polar surface area (TPSA) is 18.5 Å². The molecule has 2 rings (SSSR count). The van der Waals surface area contributed by atoms with Crippen molar-refractivity contribution in [3.05, 3.63) is 0 Å². The van der Waals surface area contributed by atoms with Gasteiger partial charge in [0.05, 0.1) is 0 Å². The molecule has 0 spiro atoms. The zero-order valence-corrected chi connectivity index (χ0v) is 13.2. The van der Waals surface area contributed by atoms with Crippen molar-refractivity contribution < 1.29 is 0 Å². The molecule has 3 nitrogen and oxygen atoms in total. The first-order valence-corrected chi connectivity index (χ1v) is 8.46. The summed E-state index contributed by atoms with van der Waals surface area (Å²) < 4.78 is 0. The largest absolute Gasteiger partial charge is 0.314 e. The Morgan fingerprint density at radius 3 is 2.68 bits per heavy atom. The van der Waals surface area contributed by atoms with Crippen LogP contribution in [0.3, 0.4) is 0 Å². The van der Waals surface area contributed by atoms with E-state index in [1.165, 1.54) is 64.8 Å². The Morgan fingerprint density at radius 2 is 2.00 bits per heavy atom. The van der Waals surface area contributed by atoms with Crippen LogP contribution < -0.4 is 5.32 Å². The van der Waals surface area contributed by atoms with Gasteiger partial charge in [-0.2, -0.15) is 0 Å². The van der Waals surface area contributed by atoms with Crippen LogP contribution in [0.2, 0.25) is 0 Å². The van der Waals surface area contributed by atoms with E-state index in [1.54, 1.807) is 0 Å². The lowest BCUT2D eigenvalue weighted by atomic mass is 9.93. The Morgan fingerprint density at radius 1 is 1.16 bits per heavy atom. The molecule has 2 aliphatic heterocycles. The van der Waals surface area contributed by atoms with Gasteiger partial charge in [0.1, 0.15) is 0 Å². The van der Waals surface area contributed by atoms with Gasteiger partial charge in [0.25, 0.3) is 0 Å². The fourth-order valence-corrected chi connectivity index (χ4v) is 3.86. The molecule has 0 bridgehead atoms. The second-order valence-corrected chi connectivity index (χ2v) is 6.45. The van der Waals surface area contributed by atoms with Crippen LogP contribution in [0.1, 0.15) is 52.9 Å². The summed E-state index contributed by atoms with van der Waals surface area (Å²) in [5.41, 5.74) is 0. The van der Waals surface area contributed by atoms with Gasteiger partial charge < -0.3 is 10.2 Å². The number of likely N-dealkylation sites (N-methyl/N-ethyl adjacent to an activating group) is 1. The van der Waals surface area contributed by atoms with Gasteiger partial charge in [-0.05, 0) is 58.7 Å². The monoisotopic (exact) mass is 267 g/mol. The van der Waals surface area contributed by atoms with Crippen molar-refractivity contribution in [3.8, 4) is 0 Å². The molecule has 3 unspecified atom stereocenters. The quantitative estimate of drug-likeness (QED) is 0.825. The van der Waals surface area contributed by atoms with Crippen LogP contribution in [0.15, 0.2) is 0 Å². The summed E-state index contributed by atoms with van der Waals surface area (Å²) >= 11 is 0. The Balaban J connectivity index is 1.81. The van der Waals surface area contributed by atoms with Gasteiger partial charge in [-0.1, -0.05) is 13.8 Å². The SMILES string of the molecule is CCCNC1CCN(C2CCCN(CC)C2)C(C)C1. The lowest BCUT2D eigenvalue weighted by Gasteiger charge is -2.46. The van der Waals surface area contributed by atoms with Crippen molar-refractivity contribution in [2.24, 2.45) is 0 Å². The first-order valence-electron chi connectivity index (χ1n) is 8.46. The van der Waals surface area contributed by atoms with Crippen molar-refractivity contribution in [1.29, 1.82) is 0 Å². The highest BCUT2D eigenvalue weighted by Crippen LogP contribution is 2.24. The van der Waals surface area contributed by atoms with Crippen molar-refractivity contribution >= 4 is 0 Å². The minimum Gasteiger partial charge on any atom is -0.314 e. The molecule has 3 atom stereocenters. The van der Waals surface area contributed by atoms with Gasteiger partial charge in [-0.15, -0.1) is 0 Å². The maximum Gasteiger partial charge on any atom is 0.0226 e. The number of piperidine rings is 2. The molecule has 0 aromatic heterocycles. The van der Waals surface area contributed by atoms with E-state index in [1.807, 2.05) is 0 Å². The average molecular weight is 267 g/mol. The van der Waals surface area contributed by atoms with Crippen LogP contribution in [-0.2, 0) is 0 Å². The minimum atomic E-state index is 0.755. The van der Waals surface area contributed by atoms with Gasteiger partial charge in [-0.25, -0.2) is 0 Å². The van der Waals surface area contributed by atoms with Crippen LogP contribution in [0.25, 0.3) is 0 Å². The molecule has 2 saturated heterocycles. The lowest BCUT2D eigenvalue weighted by molar-refractivity contribution is 0.0417. The third-order valence-electron chi connectivity index (χ3n) is 5.01. The van der Waals surface area contributed by atoms with Crippen molar-refractivity contribution in [3.63, 3.8) is 0 Å². The second-order valence-electron chi connectivity index (χ2n) is 6.45. The number of nitrogens with zero attached hydrogens (tertiary/aromatic N) is 2. The molecule has 0 aliphatic carbocycles. The summed E-state index contributed by atoms with van der Waals surface area (Å²) in [5.74, 6) is 0. The minimum absolute atomic E-state index is 0.755. The van der Waals surface area contributed by atoms with E-state index in [0.717, 1.165) is 18.1 Å². The molecular formula is C16H33N3. The van der Waals surface area contributed by atoms with Crippen molar-refractivity contribution in [2.75, 3.05) is 32.7 Å². The number of hydrogen-bond donors (Lipinski definition) is 1. The zero-order chi connectivity index (χ0) is 13.7. The number of nitrogens with one attached hydrogen (secondary N) is 1. The van der Waals surface area contributed by atoms with Gasteiger partial charge in [0.15, 0.2) is 0 Å². The standard InChI is InChI=1S/C16H33N3/c1-4-9-17-15-8-11-19(14(3)12-15)16-7-6-10-18(5-2)13-16/h14-17H,4-13H2,1-3H3. The summed E-state index contributed by atoms with van der Waals surface area (Å²) in [4.78, 5) is 5.42. The number of hydrogen-bond acceptors (Lipinski definition) is 3. The summed E-state index contributed by atoms with van der Waals surface area (Å²) in [7, 11) is 0. The van der Waals surface area contributed by atoms with Gasteiger partial charge >= 0.3 is 0 Å². The zero-order valence-electron chi connectivity index (χ0n) is 13.2. The third kappa shape index (κ3) is 4.17. The first kappa shape index (κ1) is 15.3. The predicted octanol–water partition coefficient (Wildman–Crippen LogP) is 2.32. The molecule has 0 radical (unpaired) electrons. The molecule has 2 fully saturated rings. The molecule has 2 aliphatic rings. The Hall–Kier alpha value is -0.120. The van der Waals surface area contributed by atoms with E-state index in [4.69, 9.17) is 0 Å². The lowest BCUT2D eigenvalue weighted by Crippen LogP contribution is -2.55. The molecule has 0 aromatic rings. The maximum atomic E-state index is 3.71. The van der Waals surface area contributed by atoms with Crippen molar-refractivity contribution in [2.45, 2.75) is 71.0 Å². The summed E-state index contributed by atoms with van der Waals surface area (Å²) in [6, 6.07) is 2.33. The summed E-state index contributed by atoms with van der Waals surface area (Å²) in [5, 5.41) is 3.71. The highest BCUT2D eigenvalue weighted by molar-refractivity contribution is 4.89. The van der Waals surface area contributed by atoms with E-state index in [9.17, 15) is 0 Å². The first-order chi connectivity index (χ1) is 9.24. The summed E-state index contributed by atoms with van der Waals surface area (Å²) in [6.07, 6.45) is 6.73. The number of rotatable bonds is 5. The van der Waals surface area contributed by atoms with Gasteiger partial charge in [-0.3, -0.25) is 4.90 Å². The molecule has 112 valence electrons. The van der Waals surface area contributed by atoms with Crippen LogP contribution in [-0.4, -0.2) is 60.6 Å². The van der Waals surface area contributed by atoms with E-state index in [0.29, 0.717) is 0 Å². The summed E-state index contributed by atoms with van der Waals surface area (Å²) in [6.45, 7) is 13.3. The van der Waals surface area contributed by atoms with Gasteiger partial charge in [0, 0.05) is 31.2 Å². The molecule has 0 aromatic carbocycles. The molecule has 2 heterocycles. The van der Waals surface area contributed by atoms with E-state index >= 15 is 0 Å². The fraction of sp³-hybridized carbons (Fsp3) is 1.00. The Kier molecular flexibility index (Phi) is 6.11. The van der Waals surface area contributed by atoms with E-state index in [-0.39, 0.29) is 0 Å². The molecule has 1 N–H and O–H groups in total. The van der Waals surface area contributed by atoms with Crippen LogP contribution in [0, 0.1) is 0 Å². The maximum absolute atomic E-state index is 3.71. The van der Waals surface area contributed by atoms with Crippen LogP contribution in [0.5, 0.6) is 0 Å². The molecular weight excluding hydrogens is 234 g/mol. The van der Waals surface area contributed by atoms with Gasteiger partial charge in [0.2, 0.25) is 0 Å². The number of likely N-dealkylation sites (tertiary alicyclic amines) is 2. The third-order valence-corrected chi connectivity index (χ3v) is 5.01. The highest BCUT2D eigenvalue weighted by atomic mass is 15.3.